The summed E-state index contributed by atoms with van der Waals surface area (Å²) in [5.74, 6) is -0.397. The molecule has 0 aromatic heterocycles. The summed E-state index contributed by atoms with van der Waals surface area (Å²) in [5.41, 5.74) is 1.00. The Balaban J connectivity index is 1.93. The van der Waals surface area contributed by atoms with Gasteiger partial charge in [-0.1, -0.05) is 30.3 Å². The van der Waals surface area contributed by atoms with Crippen molar-refractivity contribution in [3.63, 3.8) is 0 Å². The van der Waals surface area contributed by atoms with Crippen LogP contribution in [0.2, 0.25) is 0 Å². The van der Waals surface area contributed by atoms with Gasteiger partial charge in [-0.05, 0) is 31.7 Å². The number of hydrogen-bond acceptors (Lipinski definition) is 4. The fourth-order valence-electron chi connectivity index (χ4n) is 2.71. The van der Waals surface area contributed by atoms with Crippen molar-refractivity contribution in [2.24, 2.45) is 0 Å². The first-order chi connectivity index (χ1) is 11.2. The number of nitrogens with zero attached hydrogens (tertiary/aromatic N) is 1. The SMILES string of the molecule is CCOC(=O)CN(Cc1ccccc1)C(=O)CC[C@H]1CCCO1. The van der Waals surface area contributed by atoms with Crippen molar-refractivity contribution < 1.29 is 19.1 Å². The van der Waals surface area contributed by atoms with Gasteiger partial charge in [-0.15, -0.1) is 0 Å². The molecule has 1 aliphatic heterocycles. The number of benzene rings is 1. The number of carbonyl (C=O) groups excluding carboxylic acids is 2. The van der Waals surface area contributed by atoms with Gasteiger partial charge in [0.25, 0.3) is 0 Å². The Labute approximate surface area is 137 Å². The number of rotatable bonds is 8. The molecule has 1 aliphatic rings. The van der Waals surface area contributed by atoms with Crippen LogP contribution in [0.3, 0.4) is 0 Å². The number of ether oxygens (including phenoxy) is 2. The Kier molecular flexibility index (Phi) is 7.07. The molecule has 5 heteroatoms. The molecule has 0 bridgehead atoms. The second kappa shape index (κ2) is 9.30. The van der Waals surface area contributed by atoms with Crippen molar-refractivity contribution in [1.82, 2.24) is 4.90 Å². The molecule has 0 unspecified atom stereocenters. The minimum Gasteiger partial charge on any atom is -0.465 e. The number of carbonyl (C=O) groups is 2. The van der Waals surface area contributed by atoms with Gasteiger partial charge in [-0.2, -0.15) is 0 Å². The summed E-state index contributed by atoms with van der Waals surface area (Å²) in [6.45, 7) is 3.29. The molecular formula is C18H25NO4. The van der Waals surface area contributed by atoms with E-state index < -0.39 is 0 Å². The molecule has 126 valence electrons. The third-order valence-electron chi connectivity index (χ3n) is 3.90. The second-order valence-electron chi connectivity index (χ2n) is 5.71. The second-order valence-corrected chi connectivity index (χ2v) is 5.71. The lowest BCUT2D eigenvalue weighted by Gasteiger charge is -2.22. The van der Waals surface area contributed by atoms with Gasteiger partial charge >= 0.3 is 5.97 Å². The highest BCUT2D eigenvalue weighted by Crippen LogP contribution is 2.18. The van der Waals surface area contributed by atoms with Crippen LogP contribution in [0.15, 0.2) is 30.3 Å². The maximum absolute atomic E-state index is 12.5. The predicted molar refractivity (Wildman–Crippen MR) is 86.7 cm³/mol. The molecular weight excluding hydrogens is 294 g/mol. The van der Waals surface area contributed by atoms with Gasteiger partial charge in [0.05, 0.1) is 12.7 Å². The molecule has 2 rings (SSSR count). The molecule has 1 fully saturated rings. The van der Waals surface area contributed by atoms with Crippen LogP contribution in [0.25, 0.3) is 0 Å². The molecule has 0 spiro atoms. The molecule has 1 heterocycles. The van der Waals surface area contributed by atoms with Gasteiger partial charge in [0.1, 0.15) is 6.54 Å². The van der Waals surface area contributed by atoms with Crippen molar-refractivity contribution in [1.29, 1.82) is 0 Å². The zero-order valence-electron chi connectivity index (χ0n) is 13.7. The molecule has 1 saturated heterocycles. The normalized spacial score (nSPS) is 17.0. The number of esters is 1. The van der Waals surface area contributed by atoms with Crippen LogP contribution in [0.5, 0.6) is 0 Å². The Morgan fingerprint density at radius 3 is 2.74 bits per heavy atom. The summed E-state index contributed by atoms with van der Waals surface area (Å²) in [6.07, 6.45) is 3.38. The molecule has 5 nitrogen and oxygen atoms in total. The lowest BCUT2D eigenvalue weighted by Crippen LogP contribution is -2.36. The summed E-state index contributed by atoms with van der Waals surface area (Å²) in [6, 6.07) is 9.68. The Morgan fingerprint density at radius 1 is 1.30 bits per heavy atom. The third-order valence-corrected chi connectivity index (χ3v) is 3.90. The minimum atomic E-state index is -0.367. The van der Waals surface area contributed by atoms with E-state index in [0.29, 0.717) is 26.0 Å². The van der Waals surface area contributed by atoms with E-state index in [1.807, 2.05) is 30.3 Å². The molecule has 0 radical (unpaired) electrons. The summed E-state index contributed by atoms with van der Waals surface area (Å²) in [7, 11) is 0. The smallest absolute Gasteiger partial charge is 0.325 e. The van der Waals surface area contributed by atoms with Crippen LogP contribution < -0.4 is 0 Å². The van der Waals surface area contributed by atoms with Crippen molar-refractivity contribution in [3.8, 4) is 0 Å². The highest BCUT2D eigenvalue weighted by molar-refractivity contribution is 5.82. The van der Waals surface area contributed by atoms with Crippen molar-refractivity contribution in [2.75, 3.05) is 19.8 Å². The summed E-state index contributed by atoms with van der Waals surface area (Å²) >= 11 is 0. The Morgan fingerprint density at radius 2 is 2.09 bits per heavy atom. The molecule has 1 aromatic carbocycles. The molecule has 1 amide bonds. The average molecular weight is 319 g/mol. The van der Waals surface area contributed by atoms with Gasteiger partial charge in [0, 0.05) is 19.6 Å². The number of amides is 1. The largest absolute Gasteiger partial charge is 0.465 e. The molecule has 1 atom stereocenters. The van der Waals surface area contributed by atoms with Gasteiger partial charge in [-0.3, -0.25) is 9.59 Å². The molecule has 23 heavy (non-hydrogen) atoms. The van der Waals surface area contributed by atoms with E-state index >= 15 is 0 Å². The minimum absolute atomic E-state index is 0.00685. The van der Waals surface area contributed by atoms with Crippen LogP contribution in [0.4, 0.5) is 0 Å². The quantitative estimate of drug-likeness (QED) is 0.691. The monoisotopic (exact) mass is 319 g/mol. The van der Waals surface area contributed by atoms with E-state index in [0.717, 1.165) is 25.0 Å². The highest BCUT2D eigenvalue weighted by atomic mass is 16.5. The highest BCUT2D eigenvalue weighted by Gasteiger charge is 2.21. The summed E-state index contributed by atoms with van der Waals surface area (Å²) < 4.78 is 10.5. The zero-order chi connectivity index (χ0) is 16.5. The first-order valence-electron chi connectivity index (χ1n) is 8.28. The van der Waals surface area contributed by atoms with E-state index in [4.69, 9.17) is 9.47 Å². The Hall–Kier alpha value is -1.88. The van der Waals surface area contributed by atoms with E-state index in [2.05, 4.69) is 0 Å². The van der Waals surface area contributed by atoms with Crippen LogP contribution in [0, 0.1) is 0 Å². The lowest BCUT2D eigenvalue weighted by molar-refractivity contribution is -0.149. The first-order valence-corrected chi connectivity index (χ1v) is 8.28. The first kappa shape index (κ1) is 17.5. The fraction of sp³-hybridized carbons (Fsp3) is 0.556. The predicted octanol–water partition coefficient (Wildman–Crippen LogP) is 2.54. The van der Waals surface area contributed by atoms with Crippen molar-refractivity contribution in [2.45, 2.75) is 45.3 Å². The zero-order valence-corrected chi connectivity index (χ0v) is 13.7. The van der Waals surface area contributed by atoms with Gasteiger partial charge in [0.2, 0.25) is 5.91 Å². The molecule has 0 N–H and O–H groups in total. The standard InChI is InChI=1S/C18H25NO4/c1-2-22-18(21)14-19(13-15-7-4-3-5-8-15)17(20)11-10-16-9-6-12-23-16/h3-5,7-8,16H,2,6,9-14H2,1H3/t16-/m1/s1. The van der Waals surface area contributed by atoms with Crippen LogP contribution in [-0.2, 0) is 25.6 Å². The maximum atomic E-state index is 12.5. The van der Waals surface area contributed by atoms with Crippen LogP contribution >= 0.6 is 0 Å². The fourth-order valence-corrected chi connectivity index (χ4v) is 2.71. The lowest BCUT2D eigenvalue weighted by atomic mass is 10.1. The topological polar surface area (TPSA) is 55.8 Å². The number of hydrogen-bond donors (Lipinski definition) is 0. The summed E-state index contributed by atoms with van der Waals surface area (Å²) in [5, 5.41) is 0. The summed E-state index contributed by atoms with van der Waals surface area (Å²) in [4.78, 5) is 25.8. The van der Waals surface area contributed by atoms with E-state index in [-0.39, 0.29) is 24.5 Å². The van der Waals surface area contributed by atoms with Crippen LogP contribution in [-0.4, -0.2) is 42.6 Å². The molecule has 0 aliphatic carbocycles. The van der Waals surface area contributed by atoms with E-state index in [1.54, 1.807) is 11.8 Å². The molecule has 0 saturated carbocycles. The van der Waals surface area contributed by atoms with Gasteiger partial charge < -0.3 is 14.4 Å². The maximum Gasteiger partial charge on any atom is 0.325 e. The van der Waals surface area contributed by atoms with Crippen molar-refractivity contribution >= 4 is 11.9 Å². The van der Waals surface area contributed by atoms with Crippen molar-refractivity contribution in [3.05, 3.63) is 35.9 Å². The average Bonchev–Trinajstić information content (AvgIpc) is 3.06. The Bertz CT molecular complexity index is 497. The third kappa shape index (κ3) is 6.02. The van der Waals surface area contributed by atoms with Gasteiger partial charge in [-0.25, -0.2) is 0 Å². The van der Waals surface area contributed by atoms with E-state index in [1.165, 1.54) is 0 Å². The van der Waals surface area contributed by atoms with Gasteiger partial charge in [0.15, 0.2) is 0 Å². The van der Waals surface area contributed by atoms with E-state index in [9.17, 15) is 9.59 Å². The van der Waals surface area contributed by atoms with Crippen LogP contribution in [0.1, 0.15) is 38.2 Å². The molecule has 1 aromatic rings.